The first-order chi connectivity index (χ1) is 7.97. The predicted molar refractivity (Wildman–Crippen MR) is 63.1 cm³/mol. The Morgan fingerprint density at radius 2 is 2.24 bits per heavy atom. The molecule has 0 aliphatic heterocycles. The molecule has 1 aromatic rings. The smallest absolute Gasteiger partial charge is 0.339 e. The molecule has 0 aliphatic carbocycles. The van der Waals surface area contributed by atoms with Crippen LogP contribution in [-0.2, 0) is 4.79 Å². The maximum atomic E-state index is 11.4. The van der Waals surface area contributed by atoms with Crippen molar-refractivity contribution in [1.82, 2.24) is 4.98 Å². The van der Waals surface area contributed by atoms with Crippen LogP contribution in [0.25, 0.3) is 0 Å². The first-order valence-electron chi connectivity index (χ1n) is 4.58. The molecule has 17 heavy (non-hydrogen) atoms. The highest BCUT2D eigenvalue weighted by atomic mass is 35.5. The maximum absolute atomic E-state index is 11.4. The number of carbonyl (C=O) groups excluding carboxylic acids is 1. The minimum atomic E-state index is -1.20. The number of hydrogen-bond donors (Lipinski definition) is 1. The zero-order chi connectivity index (χ0) is 13.0. The van der Waals surface area contributed by atoms with Crippen molar-refractivity contribution in [1.29, 1.82) is 0 Å². The molecular weight excluding hydrogens is 244 g/mol. The number of aromatic nitrogens is 1. The van der Waals surface area contributed by atoms with Gasteiger partial charge in [0, 0.05) is 6.92 Å². The number of hydrogen-bond acceptors (Lipinski definition) is 3. The van der Waals surface area contributed by atoms with Gasteiger partial charge in [0.05, 0.1) is 6.54 Å². The van der Waals surface area contributed by atoms with Crippen molar-refractivity contribution in [2.75, 3.05) is 11.4 Å². The number of carbonyl (C=O) groups is 2. The molecule has 0 saturated carbocycles. The van der Waals surface area contributed by atoms with E-state index in [4.69, 9.17) is 23.1 Å². The Bertz CT molecular complexity index is 508. The second-order valence-corrected chi connectivity index (χ2v) is 3.51. The molecule has 88 valence electrons. The fourth-order valence-corrected chi connectivity index (χ4v) is 1.37. The monoisotopic (exact) mass is 252 g/mol. The van der Waals surface area contributed by atoms with Gasteiger partial charge in [0.2, 0.25) is 5.91 Å². The molecule has 0 spiro atoms. The van der Waals surface area contributed by atoms with E-state index < -0.39 is 11.9 Å². The molecule has 0 radical (unpaired) electrons. The maximum Gasteiger partial charge on any atom is 0.339 e. The third-order valence-corrected chi connectivity index (χ3v) is 2.17. The number of carboxylic acids is 1. The third-order valence-electron chi connectivity index (χ3n) is 1.96. The summed E-state index contributed by atoms with van der Waals surface area (Å²) in [6.45, 7) is 1.20. The number of anilines is 1. The number of rotatable bonds is 3. The van der Waals surface area contributed by atoms with E-state index in [2.05, 4.69) is 10.9 Å². The third kappa shape index (κ3) is 2.95. The molecule has 0 atom stereocenters. The Morgan fingerprint density at radius 1 is 1.59 bits per heavy atom. The fourth-order valence-electron chi connectivity index (χ4n) is 1.22. The van der Waals surface area contributed by atoms with Crippen LogP contribution >= 0.6 is 11.6 Å². The summed E-state index contributed by atoms with van der Waals surface area (Å²) >= 11 is 5.68. The number of carboxylic acid groups (broad SMARTS) is 1. The molecule has 1 rings (SSSR count). The van der Waals surface area contributed by atoms with Gasteiger partial charge in [-0.2, -0.15) is 0 Å². The van der Waals surface area contributed by atoms with E-state index in [0.717, 1.165) is 4.90 Å². The zero-order valence-corrected chi connectivity index (χ0v) is 9.73. The van der Waals surface area contributed by atoms with Crippen LogP contribution in [0.15, 0.2) is 12.1 Å². The molecule has 0 aromatic carbocycles. The fraction of sp³-hybridized carbons (Fsp3) is 0.182. The second-order valence-electron chi connectivity index (χ2n) is 3.12. The molecule has 1 heterocycles. The van der Waals surface area contributed by atoms with Crippen LogP contribution in [0.1, 0.15) is 17.3 Å². The highest BCUT2D eigenvalue weighted by Crippen LogP contribution is 2.21. The number of pyridine rings is 1. The predicted octanol–water partition coefficient (Wildman–Crippen LogP) is 1.42. The lowest BCUT2D eigenvalue weighted by molar-refractivity contribution is -0.116. The number of aromatic carboxylic acids is 1. The summed E-state index contributed by atoms with van der Waals surface area (Å²) in [5, 5.41) is 9.07. The highest BCUT2D eigenvalue weighted by molar-refractivity contribution is 6.29. The highest BCUT2D eigenvalue weighted by Gasteiger charge is 2.20. The molecule has 5 nitrogen and oxygen atoms in total. The van der Waals surface area contributed by atoms with Gasteiger partial charge in [0.25, 0.3) is 0 Å². The van der Waals surface area contributed by atoms with E-state index in [-0.39, 0.29) is 23.1 Å². The molecule has 0 fully saturated rings. The minimum absolute atomic E-state index is 0.0459. The second kappa shape index (κ2) is 5.32. The van der Waals surface area contributed by atoms with Gasteiger partial charge in [-0.15, -0.1) is 6.42 Å². The van der Waals surface area contributed by atoms with Gasteiger partial charge in [-0.25, -0.2) is 9.78 Å². The van der Waals surface area contributed by atoms with E-state index in [1.165, 1.54) is 19.1 Å². The van der Waals surface area contributed by atoms with Gasteiger partial charge < -0.3 is 5.11 Å². The standard InChI is InChI=1S/C11H9ClN2O3/c1-3-6-14(7(2)15)10-8(11(16)17)4-5-9(12)13-10/h1,4-5H,6H2,2H3,(H,16,17). The molecule has 1 N–H and O–H groups in total. The van der Waals surface area contributed by atoms with E-state index in [1.807, 2.05) is 0 Å². The summed E-state index contributed by atoms with van der Waals surface area (Å²) < 4.78 is 0. The van der Waals surface area contributed by atoms with Crippen molar-refractivity contribution in [2.24, 2.45) is 0 Å². The van der Waals surface area contributed by atoms with Crippen LogP contribution in [0.4, 0.5) is 5.82 Å². The van der Waals surface area contributed by atoms with Gasteiger partial charge in [-0.3, -0.25) is 9.69 Å². The first-order valence-corrected chi connectivity index (χ1v) is 4.96. The SMILES string of the molecule is C#CCN(C(C)=O)c1nc(Cl)ccc1C(=O)O. The Morgan fingerprint density at radius 3 is 2.71 bits per heavy atom. The molecule has 0 aliphatic rings. The molecule has 0 saturated heterocycles. The lowest BCUT2D eigenvalue weighted by Gasteiger charge is -2.19. The molecule has 0 bridgehead atoms. The van der Waals surface area contributed by atoms with Crippen molar-refractivity contribution in [3.05, 3.63) is 22.8 Å². The Labute approximate surface area is 103 Å². The van der Waals surface area contributed by atoms with Crippen molar-refractivity contribution in [3.63, 3.8) is 0 Å². The topological polar surface area (TPSA) is 70.5 Å². The number of nitrogens with zero attached hydrogens (tertiary/aromatic N) is 2. The van der Waals surface area contributed by atoms with Crippen molar-refractivity contribution in [2.45, 2.75) is 6.92 Å². The molecule has 0 unspecified atom stereocenters. The normalized spacial score (nSPS) is 9.47. The van der Waals surface area contributed by atoms with E-state index in [9.17, 15) is 9.59 Å². The Balaban J connectivity index is 3.35. The number of amides is 1. The quantitative estimate of drug-likeness (QED) is 0.652. The summed E-state index contributed by atoms with van der Waals surface area (Å²) in [5.74, 6) is 0.612. The summed E-state index contributed by atoms with van der Waals surface area (Å²) in [6, 6.07) is 2.61. The summed E-state index contributed by atoms with van der Waals surface area (Å²) in [4.78, 5) is 27.3. The average Bonchev–Trinajstić information content (AvgIpc) is 2.24. The Hall–Kier alpha value is -2.06. The molecular formula is C11H9ClN2O3. The lowest BCUT2D eigenvalue weighted by Crippen LogP contribution is -2.31. The van der Waals surface area contributed by atoms with Gasteiger partial charge in [0.15, 0.2) is 5.82 Å². The van der Waals surface area contributed by atoms with Crippen molar-refractivity contribution >= 4 is 29.3 Å². The van der Waals surface area contributed by atoms with Crippen LogP contribution < -0.4 is 4.90 Å². The molecule has 6 heteroatoms. The molecule has 1 aromatic heterocycles. The summed E-state index contributed by atoms with van der Waals surface area (Å²) in [7, 11) is 0. The average molecular weight is 253 g/mol. The van der Waals surface area contributed by atoms with Crippen LogP contribution in [0.2, 0.25) is 5.15 Å². The van der Waals surface area contributed by atoms with Gasteiger partial charge in [-0.05, 0) is 12.1 Å². The van der Waals surface area contributed by atoms with Crippen molar-refractivity contribution < 1.29 is 14.7 Å². The van der Waals surface area contributed by atoms with Gasteiger partial charge >= 0.3 is 5.97 Å². The zero-order valence-electron chi connectivity index (χ0n) is 8.98. The van der Waals surface area contributed by atoms with E-state index >= 15 is 0 Å². The number of terminal acetylenes is 1. The molecule has 1 amide bonds. The van der Waals surface area contributed by atoms with Crippen LogP contribution in [0.3, 0.4) is 0 Å². The van der Waals surface area contributed by atoms with Crippen LogP contribution in [0, 0.1) is 12.3 Å². The largest absolute Gasteiger partial charge is 0.478 e. The van der Waals surface area contributed by atoms with E-state index in [1.54, 1.807) is 0 Å². The van der Waals surface area contributed by atoms with Crippen LogP contribution in [0.5, 0.6) is 0 Å². The summed E-state index contributed by atoms with van der Waals surface area (Å²) in [6.07, 6.45) is 5.12. The minimum Gasteiger partial charge on any atom is -0.478 e. The Kier molecular flexibility index (Phi) is 4.07. The first kappa shape index (κ1) is 13.0. The summed E-state index contributed by atoms with van der Waals surface area (Å²) in [5.41, 5.74) is -0.125. The van der Waals surface area contributed by atoms with E-state index in [0.29, 0.717) is 0 Å². The van der Waals surface area contributed by atoms with Crippen LogP contribution in [-0.4, -0.2) is 28.5 Å². The lowest BCUT2D eigenvalue weighted by atomic mass is 10.2. The number of halogens is 1. The van der Waals surface area contributed by atoms with Gasteiger partial charge in [-0.1, -0.05) is 17.5 Å². The van der Waals surface area contributed by atoms with Gasteiger partial charge in [0.1, 0.15) is 10.7 Å². The van der Waals surface area contributed by atoms with Crippen molar-refractivity contribution in [3.8, 4) is 12.3 Å².